The Morgan fingerprint density at radius 2 is 1.79 bits per heavy atom. The Balaban J connectivity index is 1.90. The van der Waals surface area contributed by atoms with Gasteiger partial charge in [-0.25, -0.2) is 0 Å². The lowest BCUT2D eigenvalue weighted by Gasteiger charge is -2.13. The van der Waals surface area contributed by atoms with E-state index in [0.29, 0.717) is 14.8 Å². The van der Waals surface area contributed by atoms with Crippen molar-refractivity contribution in [2.45, 2.75) is 4.90 Å². The predicted octanol–water partition coefficient (Wildman–Crippen LogP) is 4.32. The molecular weight excluding hydrogens is 559 g/mol. The van der Waals surface area contributed by atoms with Crippen molar-refractivity contribution in [3.05, 3.63) is 81.4 Å². The molecule has 8 nitrogen and oxygen atoms in total. The standard InChI is InChI=1S/C23H17IN2O6S/c1-31-21-13-15(11-16(14-25)23(28)26-17-7-9-18(27)10-8-17)12-20(24)22(21)32-33(29,30)19-5-3-2-4-6-19/h2-13,27H,1H3,(H,26,28)/b16-11+. The number of amides is 1. The number of phenolic OH excluding ortho intramolecular Hbond substituents is 1. The molecule has 1 amide bonds. The highest BCUT2D eigenvalue weighted by Gasteiger charge is 2.22. The summed E-state index contributed by atoms with van der Waals surface area (Å²) in [5, 5.41) is 21.4. The van der Waals surface area contributed by atoms with Crippen LogP contribution in [0.3, 0.4) is 0 Å². The van der Waals surface area contributed by atoms with Crippen molar-refractivity contribution in [3.8, 4) is 23.3 Å². The van der Waals surface area contributed by atoms with Crippen LogP contribution < -0.4 is 14.2 Å². The zero-order valence-corrected chi connectivity index (χ0v) is 20.1. The van der Waals surface area contributed by atoms with Gasteiger partial charge in [0.05, 0.1) is 10.7 Å². The van der Waals surface area contributed by atoms with E-state index < -0.39 is 16.0 Å². The van der Waals surface area contributed by atoms with Crippen LogP contribution in [-0.4, -0.2) is 26.5 Å². The van der Waals surface area contributed by atoms with Crippen molar-refractivity contribution < 1.29 is 27.2 Å². The van der Waals surface area contributed by atoms with Crippen LogP contribution >= 0.6 is 22.6 Å². The third-order valence-corrected chi connectivity index (χ3v) is 6.31. The summed E-state index contributed by atoms with van der Waals surface area (Å²) in [5.74, 6) is -0.499. The first kappa shape index (κ1) is 24.1. The summed E-state index contributed by atoms with van der Waals surface area (Å²) in [5.41, 5.74) is 0.644. The highest BCUT2D eigenvalue weighted by atomic mass is 127. The highest BCUT2D eigenvalue weighted by molar-refractivity contribution is 14.1. The second-order valence-corrected chi connectivity index (χ2v) is 9.26. The topological polar surface area (TPSA) is 126 Å². The largest absolute Gasteiger partial charge is 0.508 e. The summed E-state index contributed by atoms with van der Waals surface area (Å²) in [4.78, 5) is 12.5. The van der Waals surface area contributed by atoms with Crippen LogP contribution in [0.15, 0.2) is 77.2 Å². The Bertz CT molecular complexity index is 1350. The number of carbonyl (C=O) groups is 1. The van der Waals surface area contributed by atoms with Crippen LogP contribution in [0.2, 0.25) is 0 Å². The van der Waals surface area contributed by atoms with E-state index in [4.69, 9.17) is 8.92 Å². The van der Waals surface area contributed by atoms with Crippen LogP contribution in [0.4, 0.5) is 5.69 Å². The van der Waals surface area contributed by atoms with Gasteiger partial charge >= 0.3 is 10.1 Å². The van der Waals surface area contributed by atoms with Crippen LogP contribution in [0.25, 0.3) is 6.08 Å². The fourth-order valence-electron chi connectivity index (χ4n) is 2.71. The molecule has 0 heterocycles. The summed E-state index contributed by atoms with van der Waals surface area (Å²) < 4.78 is 36.2. The lowest BCUT2D eigenvalue weighted by atomic mass is 10.1. The molecule has 0 fully saturated rings. The Hall–Kier alpha value is -3.56. The first-order valence-corrected chi connectivity index (χ1v) is 11.8. The molecule has 0 unspecified atom stereocenters. The van der Waals surface area contributed by atoms with Crippen molar-refractivity contribution >= 4 is 50.4 Å². The summed E-state index contributed by atoms with van der Waals surface area (Å²) in [6.45, 7) is 0. The van der Waals surface area contributed by atoms with E-state index >= 15 is 0 Å². The number of anilines is 1. The number of rotatable bonds is 7. The molecule has 0 aliphatic heterocycles. The van der Waals surface area contributed by atoms with Crippen molar-refractivity contribution in [1.82, 2.24) is 0 Å². The maximum absolute atomic E-state index is 12.6. The summed E-state index contributed by atoms with van der Waals surface area (Å²) in [7, 11) is -2.74. The van der Waals surface area contributed by atoms with Gasteiger partial charge in [-0.2, -0.15) is 13.7 Å². The molecule has 168 valence electrons. The van der Waals surface area contributed by atoms with E-state index in [9.17, 15) is 23.6 Å². The first-order valence-electron chi connectivity index (χ1n) is 9.33. The molecule has 3 aromatic rings. The molecule has 2 N–H and O–H groups in total. The molecule has 0 aromatic heterocycles. The molecule has 0 saturated carbocycles. The number of ether oxygens (including phenoxy) is 1. The van der Waals surface area contributed by atoms with Crippen molar-refractivity contribution in [3.63, 3.8) is 0 Å². The number of nitrogens with one attached hydrogen (secondary N) is 1. The number of hydrogen-bond donors (Lipinski definition) is 2. The minimum absolute atomic E-state index is 0.00819. The number of nitrogens with zero attached hydrogens (tertiary/aromatic N) is 1. The Morgan fingerprint density at radius 1 is 1.12 bits per heavy atom. The summed E-state index contributed by atoms with van der Waals surface area (Å²) in [6, 6.07) is 18.3. The fraction of sp³-hybridized carbons (Fsp3) is 0.0435. The van der Waals surface area contributed by atoms with E-state index in [2.05, 4.69) is 5.32 Å². The first-order chi connectivity index (χ1) is 15.7. The molecule has 0 saturated heterocycles. The molecule has 0 aliphatic carbocycles. The lowest BCUT2D eigenvalue weighted by molar-refractivity contribution is -0.112. The summed E-state index contributed by atoms with van der Waals surface area (Å²) in [6.07, 6.45) is 1.34. The third-order valence-electron chi connectivity index (χ3n) is 4.28. The quantitative estimate of drug-likeness (QED) is 0.141. The van der Waals surface area contributed by atoms with Crippen LogP contribution in [0.5, 0.6) is 17.2 Å². The van der Waals surface area contributed by atoms with Crippen LogP contribution in [-0.2, 0) is 14.9 Å². The molecule has 3 aromatic carbocycles. The summed E-state index contributed by atoms with van der Waals surface area (Å²) >= 11 is 1.89. The number of phenols is 1. The predicted molar refractivity (Wildman–Crippen MR) is 130 cm³/mol. The number of aromatic hydroxyl groups is 1. The van der Waals surface area contributed by atoms with E-state index in [1.54, 1.807) is 24.3 Å². The maximum atomic E-state index is 12.6. The van der Waals surface area contributed by atoms with Gasteiger partial charge in [0.25, 0.3) is 5.91 Å². The zero-order chi connectivity index (χ0) is 24.0. The van der Waals surface area contributed by atoms with Crippen molar-refractivity contribution in [2.24, 2.45) is 0 Å². The second kappa shape index (κ2) is 10.4. The Labute approximate surface area is 204 Å². The smallest absolute Gasteiger partial charge is 0.339 e. The lowest BCUT2D eigenvalue weighted by Crippen LogP contribution is -2.13. The van der Waals surface area contributed by atoms with Gasteiger partial charge in [0, 0.05) is 5.69 Å². The number of carbonyl (C=O) groups excluding carboxylic acids is 1. The van der Waals surface area contributed by atoms with E-state index in [0.717, 1.165) is 0 Å². The second-order valence-electron chi connectivity index (χ2n) is 6.56. The van der Waals surface area contributed by atoms with Gasteiger partial charge in [-0.05, 0) is 82.8 Å². The number of nitriles is 1. The SMILES string of the molecule is COc1cc(/C=C(\C#N)C(=O)Nc2ccc(O)cc2)cc(I)c1OS(=O)(=O)c1ccccc1. The van der Waals surface area contributed by atoms with Gasteiger partial charge in [0.2, 0.25) is 0 Å². The molecule has 0 atom stereocenters. The van der Waals surface area contributed by atoms with Gasteiger partial charge in [0.1, 0.15) is 22.3 Å². The average Bonchev–Trinajstić information content (AvgIpc) is 2.80. The van der Waals surface area contributed by atoms with Gasteiger partial charge < -0.3 is 19.3 Å². The normalized spacial score (nSPS) is 11.4. The van der Waals surface area contributed by atoms with E-state index in [1.165, 1.54) is 55.7 Å². The zero-order valence-electron chi connectivity index (χ0n) is 17.2. The van der Waals surface area contributed by atoms with Gasteiger partial charge in [-0.15, -0.1) is 0 Å². The average molecular weight is 576 g/mol. The number of hydrogen-bond acceptors (Lipinski definition) is 7. The molecule has 0 spiro atoms. The molecule has 33 heavy (non-hydrogen) atoms. The monoisotopic (exact) mass is 576 g/mol. The number of benzene rings is 3. The third kappa shape index (κ3) is 6.03. The van der Waals surface area contributed by atoms with Crippen molar-refractivity contribution in [2.75, 3.05) is 12.4 Å². The Morgan fingerprint density at radius 3 is 2.39 bits per heavy atom. The molecule has 0 bridgehead atoms. The fourth-order valence-corrected chi connectivity index (χ4v) is 4.57. The minimum atomic E-state index is -4.09. The van der Waals surface area contributed by atoms with Gasteiger partial charge in [0.15, 0.2) is 11.5 Å². The molecule has 10 heteroatoms. The van der Waals surface area contributed by atoms with Gasteiger partial charge in [-0.1, -0.05) is 18.2 Å². The van der Waals surface area contributed by atoms with Gasteiger partial charge in [-0.3, -0.25) is 4.79 Å². The highest BCUT2D eigenvalue weighted by Crippen LogP contribution is 2.36. The van der Waals surface area contributed by atoms with E-state index in [-0.39, 0.29) is 27.7 Å². The molecule has 0 radical (unpaired) electrons. The maximum Gasteiger partial charge on any atom is 0.339 e. The number of methoxy groups -OCH3 is 1. The van der Waals surface area contributed by atoms with Crippen molar-refractivity contribution in [1.29, 1.82) is 5.26 Å². The molecule has 3 rings (SSSR count). The molecular formula is C23H17IN2O6S. The van der Waals surface area contributed by atoms with Crippen LogP contribution in [0, 0.1) is 14.9 Å². The minimum Gasteiger partial charge on any atom is -0.508 e. The van der Waals surface area contributed by atoms with Crippen LogP contribution in [0.1, 0.15) is 5.56 Å². The Kier molecular flexibility index (Phi) is 7.57. The van der Waals surface area contributed by atoms with E-state index in [1.807, 2.05) is 28.7 Å². The number of halogens is 1. The molecule has 0 aliphatic rings.